The molecule has 1 heterocycles. The molecule has 0 bridgehead atoms. The molecule has 0 amide bonds. The van der Waals surface area contributed by atoms with Crippen molar-refractivity contribution in [2.45, 2.75) is 6.92 Å². The van der Waals surface area contributed by atoms with E-state index in [1.807, 2.05) is 6.07 Å². The van der Waals surface area contributed by atoms with E-state index in [1.54, 1.807) is 37.3 Å². The lowest BCUT2D eigenvalue weighted by Gasteiger charge is -2.04. The standard InChI is InChI=1S/C17H13N3O4/c1-11-6-7-13(15(8-11)20(22)23)18-9-12(10-21)17-19-14-4-2-3-5-16(14)24-17/h2-10,18H,1H3/b12-9+. The van der Waals surface area contributed by atoms with E-state index in [0.717, 1.165) is 5.56 Å². The number of carbonyl (C=O) groups excluding carboxylic acids is 1. The molecular formula is C17H13N3O4. The predicted molar refractivity (Wildman–Crippen MR) is 89.5 cm³/mol. The van der Waals surface area contributed by atoms with Crippen molar-refractivity contribution in [3.8, 4) is 0 Å². The predicted octanol–water partition coefficient (Wildman–Crippen LogP) is 3.70. The molecule has 0 spiro atoms. The first-order chi connectivity index (χ1) is 11.6. The number of aromatic nitrogens is 1. The second kappa shape index (κ2) is 6.33. The lowest BCUT2D eigenvalue weighted by molar-refractivity contribution is -0.384. The molecule has 0 aliphatic carbocycles. The van der Waals surface area contributed by atoms with Gasteiger partial charge < -0.3 is 9.73 Å². The molecule has 3 rings (SSSR count). The number of aryl methyl sites for hydroxylation is 1. The monoisotopic (exact) mass is 323 g/mol. The van der Waals surface area contributed by atoms with Crippen LogP contribution in [0.1, 0.15) is 11.5 Å². The highest BCUT2D eigenvalue weighted by atomic mass is 16.6. The minimum atomic E-state index is -0.483. The molecule has 0 fully saturated rings. The van der Waals surface area contributed by atoms with E-state index in [9.17, 15) is 14.9 Å². The Balaban J connectivity index is 1.94. The van der Waals surface area contributed by atoms with Crippen LogP contribution in [-0.4, -0.2) is 16.2 Å². The number of aldehydes is 1. The van der Waals surface area contributed by atoms with Crippen molar-refractivity contribution >= 4 is 34.3 Å². The van der Waals surface area contributed by atoms with Crippen LogP contribution in [0.25, 0.3) is 16.7 Å². The van der Waals surface area contributed by atoms with Crippen LogP contribution in [0, 0.1) is 17.0 Å². The summed E-state index contributed by atoms with van der Waals surface area (Å²) in [6, 6.07) is 11.9. The molecule has 7 heteroatoms. The maximum atomic E-state index is 11.3. The largest absolute Gasteiger partial charge is 0.436 e. The van der Waals surface area contributed by atoms with Crippen LogP contribution in [0.3, 0.4) is 0 Å². The van der Waals surface area contributed by atoms with Crippen LogP contribution in [0.5, 0.6) is 0 Å². The van der Waals surface area contributed by atoms with Gasteiger partial charge in [-0.05, 0) is 30.7 Å². The fraction of sp³-hybridized carbons (Fsp3) is 0.0588. The summed E-state index contributed by atoms with van der Waals surface area (Å²) in [7, 11) is 0. The number of nitro benzene ring substituents is 1. The van der Waals surface area contributed by atoms with E-state index in [2.05, 4.69) is 10.3 Å². The van der Waals surface area contributed by atoms with Gasteiger partial charge in [0.2, 0.25) is 5.89 Å². The second-order valence-electron chi connectivity index (χ2n) is 5.13. The third-order valence-corrected chi connectivity index (χ3v) is 3.40. The summed E-state index contributed by atoms with van der Waals surface area (Å²) in [5.74, 6) is 0.147. The summed E-state index contributed by atoms with van der Waals surface area (Å²) in [6.45, 7) is 1.77. The molecule has 2 aromatic carbocycles. The number of anilines is 1. The lowest BCUT2D eigenvalue weighted by Crippen LogP contribution is -1.98. The number of hydrogen-bond donors (Lipinski definition) is 1. The SMILES string of the molecule is Cc1ccc(N/C=C(\C=O)c2nc3ccccc3o2)c([N+](=O)[O-])c1. The van der Waals surface area contributed by atoms with Gasteiger partial charge in [-0.1, -0.05) is 18.2 Å². The van der Waals surface area contributed by atoms with Gasteiger partial charge in [-0.2, -0.15) is 0 Å². The van der Waals surface area contributed by atoms with Crippen LogP contribution < -0.4 is 5.32 Å². The second-order valence-corrected chi connectivity index (χ2v) is 5.13. The van der Waals surface area contributed by atoms with Gasteiger partial charge in [0.15, 0.2) is 11.9 Å². The Morgan fingerprint density at radius 3 is 2.79 bits per heavy atom. The topological polar surface area (TPSA) is 98.3 Å². The van der Waals surface area contributed by atoms with Crippen LogP contribution in [-0.2, 0) is 4.79 Å². The van der Waals surface area contributed by atoms with Gasteiger partial charge in [0.05, 0.1) is 10.5 Å². The minimum absolute atomic E-state index is 0.0749. The summed E-state index contributed by atoms with van der Waals surface area (Å²) in [4.78, 5) is 26.2. The zero-order valence-corrected chi connectivity index (χ0v) is 12.7. The van der Waals surface area contributed by atoms with Crippen molar-refractivity contribution < 1.29 is 14.1 Å². The van der Waals surface area contributed by atoms with Gasteiger partial charge in [-0.3, -0.25) is 14.9 Å². The number of oxazole rings is 1. The molecule has 1 aromatic heterocycles. The summed E-state index contributed by atoms with van der Waals surface area (Å²) >= 11 is 0. The molecule has 0 unspecified atom stereocenters. The van der Waals surface area contributed by atoms with Gasteiger partial charge in [-0.25, -0.2) is 4.98 Å². The van der Waals surface area contributed by atoms with Gasteiger partial charge in [-0.15, -0.1) is 0 Å². The molecule has 1 N–H and O–H groups in total. The van der Waals surface area contributed by atoms with Crippen molar-refractivity contribution in [2.75, 3.05) is 5.32 Å². The Morgan fingerprint density at radius 2 is 2.08 bits per heavy atom. The van der Waals surface area contributed by atoms with Crippen molar-refractivity contribution in [3.05, 3.63) is 70.2 Å². The Labute approximate surface area is 136 Å². The Kier molecular flexibility index (Phi) is 4.07. The Morgan fingerprint density at radius 1 is 1.29 bits per heavy atom. The van der Waals surface area contributed by atoms with Crippen molar-refractivity contribution in [2.24, 2.45) is 0 Å². The number of allylic oxidation sites excluding steroid dienone is 1. The smallest absolute Gasteiger partial charge is 0.292 e. The summed E-state index contributed by atoms with van der Waals surface area (Å²) < 4.78 is 5.52. The van der Waals surface area contributed by atoms with Gasteiger partial charge >= 0.3 is 0 Å². The lowest BCUT2D eigenvalue weighted by atomic mass is 10.2. The highest BCUT2D eigenvalue weighted by Gasteiger charge is 2.14. The van der Waals surface area contributed by atoms with Crippen LogP contribution in [0.15, 0.2) is 53.1 Å². The van der Waals surface area contributed by atoms with Crippen molar-refractivity contribution in [1.82, 2.24) is 4.98 Å². The Bertz CT molecular complexity index is 926. The van der Waals surface area contributed by atoms with E-state index in [1.165, 1.54) is 12.3 Å². The quantitative estimate of drug-likeness (QED) is 0.333. The summed E-state index contributed by atoms with van der Waals surface area (Å²) in [6.07, 6.45) is 1.92. The normalized spacial score (nSPS) is 11.5. The first kappa shape index (κ1) is 15.4. The number of rotatable bonds is 5. The fourth-order valence-corrected chi connectivity index (χ4v) is 2.21. The minimum Gasteiger partial charge on any atom is -0.436 e. The molecule has 120 valence electrons. The third kappa shape index (κ3) is 3.00. The number of nitro groups is 1. The van der Waals surface area contributed by atoms with Crippen molar-refractivity contribution in [3.63, 3.8) is 0 Å². The molecule has 0 radical (unpaired) electrons. The zero-order chi connectivity index (χ0) is 17.1. The van der Waals surface area contributed by atoms with Crippen molar-refractivity contribution in [1.29, 1.82) is 0 Å². The number of hydrogen-bond acceptors (Lipinski definition) is 6. The number of carbonyl (C=O) groups is 1. The van der Waals surface area contributed by atoms with E-state index in [4.69, 9.17) is 4.42 Å². The number of benzene rings is 2. The molecule has 0 atom stereocenters. The highest BCUT2D eigenvalue weighted by molar-refractivity contribution is 6.06. The average molecular weight is 323 g/mol. The molecular weight excluding hydrogens is 310 g/mol. The summed E-state index contributed by atoms with van der Waals surface area (Å²) in [5.41, 5.74) is 2.31. The maximum Gasteiger partial charge on any atom is 0.292 e. The Hall–Kier alpha value is -3.48. The molecule has 24 heavy (non-hydrogen) atoms. The first-order valence-corrected chi connectivity index (χ1v) is 7.11. The van der Waals surface area contributed by atoms with Gasteiger partial charge in [0, 0.05) is 12.3 Å². The van der Waals surface area contributed by atoms with E-state index >= 15 is 0 Å². The number of nitrogens with one attached hydrogen (secondary N) is 1. The van der Waals surface area contributed by atoms with E-state index in [0.29, 0.717) is 17.4 Å². The maximum absolute atomic E-state index is 11.3. The third-order valence-electron chi connectivity index (χ3n) is 3.40. The van der Waals surface area contributed by atoms with Crippen LogP contribution in [0.4, 0.5) is 11.4 Å². The van der Waals surface area contributed by atoms with Gasteiger partial charge in [0.25, 0.3) is 5.69 Å². The number of nitrogens with zero attached hydrogens (tertiary/aromatic N) is 2. The van der Waals surface area contributed by atoms with Crippen LogP contribution in [0.2, 0.25) is 0 Å². The molecule has 0 saturated heterocycles. The summed E-state index contributed by atoms with van der Waals surface area (Å²) in [5, 5.41) is 13.9. The first-order valence-electron chi connectivity index (χ1n) is 7.11. The van der Waals surface area contributed by atoms with Crippen LogP contribution >= 0.6 is 0 Å². The average Bonchev–Trinajstić information content (AvgIpc) is 3.00. The van der Waals surface area contributed by atoms with Gasteiger partial charge in [0.1, 0.15) is 11.2 Å². The number of para-hydroxylation sites is 2. The molecule has 0 aliphatic rings. The number of fused-ring (bicyclic) bond motifs is 1. The zero-order valence-electron chi connectivity index (χ0n) is 12.7. The molecule has 0 aliphatic heterocycles. The molecule has 3 aromatic rings. The molecule has 0 saturated carbocycles. The fourth-order valence-electron chi connectivity index (χ4n) is 2.21. The van der Waals surface area contributed by atoms with E-state index in [-0.39, 0.29) is 22.8 Å². The highest BCUT2D eigenvalue weighted by Crippen LogP contribution is 2.26. The molecule has 7 nitrogen and oxygen atoms in total. The van der Waals surface area contributed by atoms with E-state index < -0.39 is 4.92 Å².